The number of hydrogen-bond acceptors (Lipinski definition) is 7. The fourth-order valence-corrected chi connectivity index (χ4v) is 22.0. The summed E-state index contributed by atoms with van der Waals surface area (Å²) >= 11 is 0. The lowest BCUT2D eigenvalue weighted by Crippen LogP contribution is -2.68. The van der Waals surface area contributed by atoms with Crippen LogP contribution in [0.2, 0.25) is 0 Å². The molecule has 6 unspecified atom stereocenters. The second-order valence-corrected chi connectivity index (χ2v) is 30.0. The number of hydrogen-bond donors (Lipinski definition) is 7. The van der Waals surface area contributed by atoms with Crippen molar-refractivity contribution in [1.82, 2.24) is 0 Å². The smallest absolute Gasteiger partial charge is 0.310 e. The van der Waals surface area contributed by atoms with Crippen LogP contribution in [-0.2, 0) is 4.79 Å². The third-order valence-electron chi connectivity index (χ3n) is 26.8. The van der Waals surface area contributed by atoms with Crippen molar-refractivity contribution in [3.63, 3.8) is 0 Å². The number of carboxylic acids is 1. The highest BCUT2D eigenvalue weighted by molar-refractivity contribution is 5.77. The molecule has 0 aliphatic heterocycles. The van der Waals surface area contributed by atoms with Gasteiger partial charge in [0.05, 0.1) is 41.0 Å². The Labute approximate surface area is 412 Å². The molecule has 8 heteroatoms. The highest BCUT2D eigenvalue weighted by atomic mass is 16.4. The zero-order chi connectivity index (χ0) is 50.4. The first-order chi connectivity index (χ1) is 31.1. The Hall–Kier alpha value is -1.29. The van der Waals surface area contributed by atoms with Crippen LogP contribution in [0.4, 0.5) is 0 Å². The summed E-state index contributed by atoms with van der Waals surface area (Å²) in [5, 5.41) is 78.1. The van der Waals surface area contributed by atoms with Crippen molar-refractivity contribution in [2.24, 2.45) is 101 Å². The Morgan fingerprint density at radius 1 is 0.500 bits per heavy atom. The summed E-state index contributed by atoms with van der Waals surface area (Å²) in [7, 11) is 0. The molecule has 0 saturated heterocycles. The van der Waals surface area contributed by atoms with Gasteiger partial charge in [0, 0.05) is 11.8 Å². The van der Waals surface area contributed by atoms with Gasteiger partial charge in [-0.1, -0.05) is 113 Å². The van der Waals surface area contributed by atoms with Crippen molar-refractivity contribution < 1.29 is 40.5 Å². The molecule has 0 aromatic heterocycles. The molecule has 68 heavy (non-hydrogen) atoms. The van der Waals surface area contributed by atoms with E-state index in [1.807, 2.05) is 6.92 Å². The highest BCUT2D eigenvalue weighted by Gasteiger charge is 2.73. The van der Waals surface area contributed by atoms with Gasteiger partial charge >= 0.3 is 5.97 Å². The Morgan fingerprint density at radius 2 is 0.897 bits per heavy atom. The molecule has 0 aromatic carbocycles. The van der Waals surface area contributed by atoms with Crippen LogP contribution in [-0.4, -0.2) is 77.3 Å². The molecule has 0 heterocycles. The van der Waals surface area contributed by atoms with Crippen LogP contribution < -0.4 is 0 Å². The van der Waals surface area contributed by atoms with Gasteiger partial charge in [-0.15, -0.1) is 0 Å². The molecule has 10 aliphatic rings. The van der Waals surface area contributed by atoms with Crippen LogP contribution in [0.15, 0.2) is 23.3 Å². The molecule has 8 saturated carbocycles. The lowest BCUT2D eigenvalue weighted by molar-refractivity contribution is -0.237. The Kier molecular flexibility index (Phi) is 11.7. The fourth-order valence-electron chi connectivity index (χ4n) is 22.0. The molecule has 0 spiro atoms. The van der Waals surface area contributed by atoms with E-state index in [1.54, 1.807) is 5.57 Å². The van der Waals surface area contributed by atoms with Crippen molar-refractivity contribution in [1.29, 1.82) is 0 Å². The van der Waals surface area contributed by atoms with Crippen molar-refractivity contribution in [3.05, 3.63) is 23.3 Å². The molecule has 22 atom stereocenters. The second-order valence-electron chi connectivity index (χ2n) is 30.0. The van der Waals surface area contributed by atoms with E-state index in [4.69, 9.17) is 0 Å². The van der Waals surface area contributed by atoms with Gasteiger partial charge in [0.2, 0.25) is 0 Å². The van der Waals surface area contributed by atoms with Crippen LogP contribution >= 0.6 is 0 Å². The van der Waals surface area contributed by atoms with Gasteiger partial charge in [-0.05, 0) is 201 Å². The number of carboxylic acid groups (broad SMARTS) is 1. The fraction of sp³-hybridized carbons (Fsp3) is 0.917. The molecule has 0 bridgehead atoms. The van der Waals surface area contributed by atoms with E-state index < -0.39 is 47.0 Å². The SMILES string of the molecule is C[C@@H]1CC[C@]2(C(=O)O)CC[C@]3(C)C(=CCC4[C@@]5(C)C[C@@H](O)[C@H](O)C(C)(C)C5CC[C@]43C)C2[C@]1(C)O.C[C@@H]1CC[C@]2(C)CC[C@]3(C)C(=CCC4[C@@]5(C)C[C@@H](O)[C@@H](O)C(C)(C)C5CC[C@]43C)C2[C@]1(C)O. The first-order valence-electron chi connectivity index (χ1n) is 27.9. The quantitative estimate of drug-likeness (QED) is 0.128. The minimum atomic E-state index is -1.05. The molecule has 0 aromatic rings. The molecule has 10 rings (SSSR count). The molecule has 10 aliphatic carbocycles. The van der Waals surface area contributed by atoms with Crippen molar-refractivity contribution in [2.45, 2.75) is 242 Å². The van der Waals surface area contributed by atoms with Gasteiger partial charge in [0.1, 0.15) is 0 Å². The van der Waals surface area contributed by atoms with E-state index in [2.05, 4.69) is 109 Å². The molecule has 7 N–H and O–H groups in total. The third-order valence-corrected chi connectivity index (χ3v) is 26.8. The maximum atomic E-state index is 12.8. The summed E-state index contributed by atoms with van der Waals surface area (Å²) in [6.45, 7) is 34.1. The molecule has 8 fully saturated rings. The van der Waals surface area contributed by atoms with E-state index in [9.17, 15) is 40.5 Å². The van der Waals surface area contributed by atoms with Crippen LogP contribution in [0.25, 0.3) is 0 Å². The molecular weight excluding hydrogens is 849 g/mol. The zero-order valence-electron chi connectivity index (χ0n) is 45.4. The maximum Gasteiger partial charge on any atom is 0.310 e. The number of allylic oxidation sites excluding steroid dienone is 2. The van der Waals surface area contributed by atoms with E-state index >= 15 is 0 Å². The number of aliphatic hydroxyl groups is 6. The average Bonchev–Trinajstić information content (AvgIpc) is 3.23. The van der Waals surface area contributed by atoms with Gasteiger partial charge in [-0.2, -0.15) is 0 Å². The summed E-state index contributed by atoms with van der Waals surface area (Å²) in [6.07, 6.45) is 17.3. The van der Waals surface area contributed by atoms with Crippen molar-refractivity contribution in [3.8, 4) is 0 Å². The van der Waals surface area contributed by atoms with E-state index in [0.717, 1.165) is 51.4 Å². The standard InChI is InChI=1S/C30H48O5.C30H50O3/c1-17-10-13-30(24(33)34)15-14-27(5)18(22(30)29(17,7)35)8-9-21-26(4)16-19(31)23(32)25(2,3)20(26)11-12-28(21,27)6;1-18-11-13-26(4)15-16-28(6)19(23(26)30(18,8)33)9-10-22-27(5)17-20(31)24(32)25(2,3)21(27)12-14-29(22,28)7/h8,17,19-23,31-32,35H,9-16H2,1-7H3,(H,33,34);9,18,20-24,31-33H,10-17H2,1-8H3/t17-,19-,20?,21?,22?,23+,26+,27-,28-,29-,30+;18-,20-,21?,22?,23?,24-,26-,27+,28-,29-,30-/m11/s1. The zero-order valence-corrected chi connectivity index (χ0v) is 45.4. The minimum Gasteiger partial charge on any atom is -0.481 e. The van der Waals surface area contributed by atoms with Gasteiger partial charge in [0.25, 0.3) is 0 Å². The van der Waals surface area contributed by atoms with Crippen LogP contribution in [0.3, 0.4) is 0 Å². The number of aliphatic carboxylic acids is 1. The Bertz CT molecular complexity index is 2100. The third kappa shape index (κ3) is 6.27. The van der Waals surface area contributed by atoms with Crippen molar-refractivity contribution >= 4 is 5.97 Å². The normalized spacial score (nSPS) is 58.5. The summed E-state index contributed by atoms with van der Waals surface area (Å²) in [5.41, 5.74) is -0.383. The molecular formula is C60H98O8. The van der Waals surface area contributed by atoms with Crippen LogP contribution in [0, 0.1) is 101 Å². The van der Waals surface area contributed by atoms with E-state index in [0.29, 0.717) is 55.3 Å². The van der Waals surface area contributed by atoms with Gasteiger partial charge in [-0.3, -0.25) is 4.79 Å². The van der Waals surface area contributed by atoms with Crippen LogP contribution in [0.5, 0.6) is 0 Å². The molecule has 8 nitrogen and oxygen atoms in total. The Morgan fingerprint density at radius 3 is 1.34 bits per heavy atom. The molecule has 0 amide bonds. The van der Waals surface area contributed by atoms with Gasteiger partial charge in [-0.25, -0.2) is 0 Å². The predicted molar refractivity (Wildman–Crippen MR) is 269 cm³/mol. The second kappa shape index (κ2) is 15.4. The first-order valence-corrected chi connectivity index (χ1v) is 27.9. The summed E-state index contributed by atoms with van der Waals surface area (Å²) in [5.74, 6) is 1.09. The van der Waals surface area contributed by atoms with Crippen LogP contribution in [0.1, 0.15) is 207 Å². The molecule has 386 valence electrons. The average molecular weight is 947 g/mol. The highest BCUT2D eigenvalue weighted by Crippen LogP contribution is 2.78. The maximum absolute atomic E-state index is 12.8. The molecule has 0 radical (unpaired) electrons. The largest absolute Gasteiger partial charge is 0.481 e. The summed E-state index contributed by atoms with van der Waals surface area (Å²) in [4.78, 5) is 12.8. The predicted octanol–water partition coefficient (Wildman–Crippen LogP) is 11.3. The summed E-state index contributed by atoms with van der Waals surface area (Å²) < 4.78 is 0. The Balaban J connectivity index is 0.000000170. The van der Waals surface area contributed by atoms with Gasteiger partial charge < -0.3 is 35.7 Å². The van der Waals surface area contributed by atoms with Crippen molar-refractivity contribution in [2.75, 3.05) is 0 Å². The monoisotopic (exact) mass is 947 g/mol. The number of rotatable bonds is 1. The topological polar surface area (TPSA) is 159 Å². The number of aliphatic hydroxyl groups excluding tert-OH is 4. The minimum absolute atomic E-state index is 0.0172. The number of carbonyl (C=O) groups is 1. The lowest BCUT2D eigenvalue weighted by Gasteiger charge is -2.72. The van der Waals surface area contributed by atoms with E-state index in [1.165, 1.54) is 31.3 Å². The lowest BCUT2D eigenvalue weighted by atomic mass is 9.33. The van der Waals surface area contributed by atoms with Gasteiger partial charge in [0.15, 0.2) is 0 Å². The first kappa shape index (κ1) is 51.6. The van der Waals surface area contributed by atoms with E-state index in [-0.39, 0.29) is 66.5 Å². The number of fused-ring (bicyclic) bond motifs is 14. The summed E-state index contributed by atoms with van der Waals surface area (Å²) in [6, 6.07) is 0.